The van der Waals surface area contributed by atoms with E-state index in [0.717, 1.165) is 24.6 Å². The van der Waals surface area contributed by atoms with Crippen molar-refractivity contribution in [3.63, 3.8) is 0 Å². The van der Waals surface area contributed by atoms with E-state index in [1.165, 1.54) is 42.1 Å². The highest BCUT2D eigenvalue weighted by molar-refractivity contribution is 9.10. The quantitative estimate of drug-likeness (QED) is 0.844. The maximum absolute atomic E-state index is 5.97. The van der Waals surface area contributed by atoms with E-state index in [1.807, 2.05) is 6.07 Å². The van der Waals surface area contributed by atoms with Gasteiger partial charge < -0.3 is 10.5 Å². The molecule has 0 heterocycles. The minimum absolute atomic E-state index is 0.681. The van der Waals surface area contributed by atoms with Gasteiger partial charge in [-0.05, 0) is 61.4 Å². The van der Waals surface area contributed by atoms with Crippen molar-refractivity contribution in [2.45, 2.75) is 38.5 Å². The second-order valence-electron chi connectivity index (χ2n) is 5.56. The van der Waals surface area contributed by atoms with Gasteiger partial charge in [0.15, 0.2) is 0 Å². The number of hydrogen-bond acceptors (Lipinski definition) is 2. The van der Waals surface area contributed by atoms with Crippen molar-refractivity contribution in [1.29, 1.82) is 0 Å². The number of rotatable bonds is 4. The first-order chi connectivity index (χ1) is 9.24. The highest BCUT2D eigenvalue weighted by Gasteiger charge is 2.23. The highest BCUT2D eigenvalue weighted by Crippen LogP contribution is 2.33. The van der Waals surface area contributed by atoms with E-state index in [0.29, 0.717) is 5.92 Å². The fraction of sp³-hybridized carbons (Fsp3) is 0.625. The van der Waals surface area contributed by atoms with Crippen molar-refractivity contribution in [2.75, 3.05) is 13.7 Å². The zero-order valence-corrected chi connectivity index (χ0v) is 13.3. The van der Waals surface area contributed by atoms with Gasteiger partial charge in [0.25, 0.3) is 0 Å². The number of hydrogen-bond donors (Lipinski definition) is 1. The van der Waals surface area contributed by atoms with Crippen LogP contribution in [0.3, 0.4) is 0 Å². The highest BCUT2D eigenvalue weighted by atomic mass is 79.9. The summed E-state index contributed by atoms with van der Waals surface area (Å²) in [6.45, 7) is 0.826. The maximum atomic E-state index is 5.97. The van der Waals surface area contributed by atoms with Gasteiger partial charge in [0.2, 0.25) is 0 Å². The van der Waals surface area contributed by atoms with Crippen LogP contribution in [0, 0.1) is 11.8 Å². The van der Waals surface area contributed by atoms with Crippen molar-refractivity contribution in [2.24, 2.45) is 17.6 Å². The number of halogens is 1. The molecule has 1 aromatic rings. The molecule has 3 heteroatoms. The minimum Gasteiger partial charge on any atom is -0.497 e. The lowest BCUT2D eigenvalue weighted by Gasteiger charge is -2.24. The molecule has 2 atom stereocenters. The Morgan fingerprint density at radius 3 is 2.63 bits per heavy atom. The van der Waals surface area contributed by atoms with E-state index >= 15 is 0 Å². The van der Waals surface area contributed by atoms with Gasteiger partial charge in [-0.1, -0.05) is 35.2 Å². The third kappa shape index (κ3) is 3.96. The van der Waals surface area contributed by atoms with E-state index in [-0.39, 0.29) is 0 Å². The van der Waals surface area contributed by atoms with Gasteiger partial charge >= 0.3 is 0 Å². The van der Waals surface area contributed by atoms with E-state index in [9.17, 15) is 0 Å². The van der Waals surface area contributed by atoms with Gasteiger partial charge in [-0.3, -0.25) is 0 Å². The number of methoxy groups -OCH3 is 1. The summed E-state index contributed by atoms with van der Waals surface area (Å²) in [6, 6.07) is 6.24. The summed E-state index contributed by atoms with van der Waals surface area (Å²) < 4.78 is 6.52. The summed E-state index contributed by atoms with van der Waals surface area (Å²) in [5, 5.41) is 0. The van der Waals surface area contributed by atoms with Crippen LogP contribution in [-0.2, 0) is 6.42 Å². The SMILES string of the molecule is COc1ccc(Br)c(CC2CCCCCC2CN)c1. The van der Waals surface area contributed by atoms with Crippen molar-refractivity contribution in [3.8, 4) is 5.75 Å². The Labute approximate surface area is 124 Å². The van der Waals surface area contributed by atoms with Gasteiger partial charge in [0, 0.05) is 4.47 Å². The third-order valence-electron chi connectivity index (χ3n) is 4.35. The molecular weight excluding hydrogens is 302 g/mol. The molecule has 1 aliphatic carbocycles. The summed E-state index contributed by atoms with van der Waals surface area (Å²) in [5.41, 5.74) is 7.33. The van der Waals surface area contributed by atoms with Crippen LogP contribution < -0.4 is 10.5 Å². The van der Waals surface area contributed by atoms with E-state index in [4.69, 9.17) is 10.5 Å². The van der Waals surface area contributed by atoms with Crippen LogP contribution in [-0.4, -0.2) is 13.7 Å². The molecule has 1 aromatic carbocycles. The second kappa shape index (κ2) is 7.30. The van der Waals surface area contributed by atoms with Gasteiger partial charge in [-0.15, -0.1) is 0 Å². The molecule has 2 N–H and O–H groups in total. The standard InChI is InChI=1S/C16H24BrNO/c1-19-15-7-8-16(17)14(10-15)9-12-5-3-2-4-6-13(12)11-18/h7-8,10,12-13H,2-6,9,11,18H2,1H3. The molecule has 0 aliphatic heterocycles. The number of ether oxygens (including phenoxy) is 1. The van der Waals surface area contributed by atoms with Crippen LogP contribution in [0.5, 0.6) is 5.75 Å². The summed E-state index contributed by atoms with van der Waals surface area (Å²) in [7, 11) is 1.72. The van der Waals surface area contributed by atoms with Crippen LogP contribution in [0.15, 0.2) is 22.7 Å². The van der Waals surface area contributed by atoms with Crippen molar-refractivity contribution >= 4 is 15.9 Å². The minimum atomic E-state index is 0.681. The first-order valence-electron chi connectivity index (χ1n) is 7.27. The molecule has 19 heavy (non-hydrogen) atoms. The smallest absolute Gasteiger partial charge is 0.119 e. The van der Waals surface area contributed by atoms with Crippen LogP contribution in [0.4, 0.5) is 0 Å². The molecule has 106 valence electrons. The molecule has 1 saturated carbocycles. The molecule has 0 bridgehead atoms. The molecule has 0 saturated heterocycles. The average molecular weight is 326 g/mol. The summed E-state index contributed by atoms with van der Waals surface area (Å²) >= 11 is 3.66. The summed E-state index contributed by atoms with van der Waals surface area (Å²) in [6.07, 6.45) is 7.78. The van der Waals surface area contributed by atoms with Gasteiger partial charge in [0.05, 0.1) is 7.11 Å². The van der Waals surface area contributed by atoms with E-state index < -0.39 is 0 Å². The van der Waals surface area contributed by atoms with Crippen molar-refractivity contribution in [3.05, 3.63) is 28.2 Å². The average Bonchev–Trinajstić information content (AvgIpc) is 2.66. The molecule has 0 radical (unpaired) electrons. The van der Waals surface area contributed by atoms with Crippen LogP contribution in [0.2, 0.25) is 0 Å². The Morgan fingerprint density at radius 1 is 1.21 bits per heavy atom. The molecule has 1 fully saturated rings. The fourth-order valence-corrected chi connectivity index (χ4v) is 3.57. The van der Waals surface area contributed by atoms with Crippen LogP contribution >= 0.6 is 15.9 Å². The lowest BCUT2D eigenvalue weighted by atomic mass is 9.83. The largest absolute Gasteiger partial charge is 0.497 e. The molecule has 0 amide bonds. The fourth-order valence-electron chi connectivity index (χ4n) is 3.16. The lowest BCUT2D eigenvalue weighted by Crippen LogP contribution is -2.24. The second-order valence-corrected chi connectivity index (χ2v) is 6.41. The third-order valence-corrected chi connectivity index (χ3v) is 5.13. The monoisotopic (exact) mass is 325 g/mol. The Kier molecular flexibility index (Phi) is 5.71. The number of benzene rings is 1. The Morgan fingerprint density at radius 2 is 1.95 bits per heavy atom. The van der Waals surface area contributed by atoms with Crippen LogP contribution in [0.25, 0.3) is 0 Å². The molecule has 0 aromatic heterocycles. The topological polar surface area (TPSA) is 35.2 Å². The molecule has 0 spiro atoms. The summed E-state index contributed by atoms with van der Waals surface area (Å²) in [5.74, 6) is 2.34. The first-order valence-corrected chi connectivity index (χ1v) is 8.06. The predicted octanol–water partition coefficient (Wildman–Crippen LogP) is 4.16. The van der Waals surface area contributed by atoms with Crippen molar-refractivity contribution in [1.82, 2.24) is 0 Å². The summed E-state index contributed by atoms with van der Waals surface area (Å²) in [4.78, 5) is 0. The zero-order chi connectivity index (χ0) is 13.7. The predicted molar refractivity (Wildman–Crippen MR) is 83.5 cm³/mol. The molecular formula is C16H24BrNO. The van der Waals surface area contributed by atoms with E-state index in [2.05, 4.69) is 28.1 Å². The Hall–Kier alpha value is -0.540. The van der Waals surface area contributed by atoms with Gasteiger partial charge in [-0.2, -0.15) is 0 Å². The zero-order valence-electron chi connectivity index (χ0n) is 11.7. The van der Waals surface area contributed by atoms with E-state index in [1.54, 1.807) is 7.11 Å². The lowest BCUT2D eigenvalue weighted by molar-refractivity contribution is 0.317. The van der Waals surface area contributed by atoms with Gasteiger partial charge in [-0.25, -0.2) is 0 Å². The van der Waals surface area contributed by atoms with Crippen molar-refractivity contribution < 1.29 is 4.74 Å². The molecule has 2 rings (SSSR count). The Bertz CT molecular complexity index is 408. The van der Waals surface area contributed by atoms with Gasteiger partial charge in [0.1, 0.15) is 5.75 Å². The number of nitrogens with two attached hydrogens (primary N) is 1. The van der Waals surface area contributed by atoms with Crippen LogP contribution in [0.1, 0.15) is 37.7 Å². The Balaban J connectivity index is 2.13. The molecule has 2 nitrogen and oxygen atoms in total. The molecule has 1 aliphatic rings. The maximum Gasteiger partial charge on any atom is 0.119 e. The normalized spacial score (nSPS) is 23.9. The molecule has 2 unspecified atom stereocenters. The first kappa shape index (κ1) is 14.9.